The van der Waals surface area contributed by atoms with Crippen molar-refractivity contribution in [3.8, 4) is 11.8 Å². The molecule has 0 saturated carbocycles. The summed E-state index contributed by atoms with van der Waals surface area (Å²) < 4.78 is 49.7. The lowest BCUT2D eigenvalue weighted by molar-refractivity contribution is -0.149. The zero-order chi connectivity index (χ0) is 28.3. The van der Waals surface area contributed by atoms with Gasteiger partial charge in [0.25, 0.3) is 5.56 Å². The lowest BCUT2D eigenvalue weighted by Crippen LogP contribution is -2.41. The highest BCUT2D eigenvalue weighted by Crippen LogP contribution is 2.48. The van der Waals surface area contributed by atoms with Gasteiger partial charge in [-0.3, -0.25) is 23.7 Å². The summed E-state index contributed by atoms with van der Waals surface area (Å²) in [6.07, 6.45) is -3.52. The zero-order valence-electron chi connectivity index (χ0n) is 21.0. The van der Waals surface area contributed by atoms with Crippen LogP contribution in [0.4, 0.5) is 4.39 Å². The molecule has 1 aliphatic rings. The van der Waals surface area contributed by atoms with Gasteiger partial charge < -0.3 is 19.1 Å². The van der Waals surface area contributed by atoms with Crippen LogP contribution in [0.15, 0.2) is 46.1 Å². The van der Waals surface area contributed by atoms with Crippen molar-refractivity contribution in [2.24, 2.45) is 5.41 Å². The number of carbonyl (C=O) groups excluding carboxylic acids is 1. The Morgan fingerprint density at radius 2 is 1.97 bits per heavy atom. The van der Waals surface area contributed by atoms with Crippen LogP contribution in [0.2, 0.25) is 0 Å². The Labute approximate surface area is 216 Å². The summed E-state index contributed by atoms with van der Waals surface area (Å²) in [4.78, 5) is 38.1. The van der Waals surface area contributed by atoms with Crippen LogP contribution in [0.3, 0.4) is 0 Å². The number of rotatable bonds is 10. The van der Waals surface area contributed by atoms with Crippen LogP contribution < -0.4 is 20.9 Å². The first-order valence-corrected chi connectivity index (χ1v) is 13.1. The number of benzene rings is 1. The predicted molar refractivity (Wildman–Crippen MR) is 129 cm³/mol. The Morgan fingerprint density at radius 3 is 2.55 bits per heavy atom. The van der Waals surface area contributed by atoms with Crippen LogP contribution in [0.25, 0.3) is 0 Å². The summed E-state index contributed by atoms with van der Waals surface area (Å²) in [5, 5.41) is 23.1. The van der Waals surface area contributed by atoms with Crippen molar-refractivity contribution in [2.45, 2.75) is 58.3 Å². The van der Waals surface area contributed by atoms with E-state index in [1.807, 2.05) is 11.1 Å². The highest BCUT2D eigenvalue weighted by atomic mass is 31.2. The van der Waals surface area contributed by atoms with Crippen molar-refractivity contribution in [3.05, 3.63) is 63.2 Å². The summed E-state index contributed by atoms with van der Waals surface area (Å²) >= 11 is 0. The normalized spacial score (nSPS) is 25.4. The molecule has 1 aliphatic heterocycles. The van der Waals surface area contributed by atoms with E-state index in [-0.39, 0.29) is 5.75 Å². The second kappa shape index (κ2) is 11.6. The SMILES string of the molecule is CC(C)OC(=O)C(C)NP(=O)(OCC1OC(n2ccc(=O)[nH]c2=O)C(C)(C#N)C1O)Oc1ccc(F)cc1. The number of esters is 1. The number of nitrogens with zero attached hydrogens (tertiary/aromatic N) is 2. The summed E-state index contributed by atoms with van der Waals surface area (Å²) in [5.74, 6) is -1.38. The molecule has 1 fully saturated rings. The maximum Gasteiger partial charge on any atom is 0.459 e. The first kappa shape index (κ1) is 29.2. The minimum atomic E-state index is -4.41. The number of nitrogens with one attached hydrogen (secondary N) is 2. The maximum atomic E-state index is 13.7. The number of aliphatic hydroxyl groups excluding tert-OH is 1. The lowest BCUT2D eigenvalue weighted by atomic mass is 9.84. The van der Waals surface area contributed by atoms with Gasteiger partial charge in [0.15, 0.2) is 6.23 Å². The van der Waals surface area contributed by atoms with Crippen molar-refractivity contribution in [2.75, 3.05) is 6.61 Å². The van der Waals surface area contributed by atoms with Crippen LogP contribution in [0.1, 0.15) is 33.9 Å². The number of H-pyrrole nitrogens is 1. The second-order valence-corrected chi connectivity index (χ2v) is 10.8. The summed E-state index contributed by atoms with van der Waals surface area (Å²) in [6.45, 7) is 5.35. The minimum absolute atomic E-state index is 0.0564. The van der Waals surface area contributed by atoms with E-state index in [9.17, 15) is 33.7 Å². The molecule has 0 bridgehead atoms. The molecule has 38 heavy (non-hydrogen) atoms. The smallest absolute Gasteiger partial charge is 0.459 e. The van der Waals surface area contributed by atoms with Gasteiger partial charge in [-0.1, -0.05) is 0 Å². The van der Waals surface area contributed by atoms with E-state index in [2.05, 4.69) is 5.09 Å². The molecule has 1 saturated heterocycles. The van der Waals surface area contributed by atoms with Gasteiger partial charge in [-0.2, -0.15) is 10.3 Å². The number of nitriles is 1. The molecular weight excluding hydrogens is 526 g/mol. The maximum absolute atomic E-state index is 13.7. The van der Waals surface area contributed by atoms with E-state index in [0.29, 0.717) is 0 Å². The van der Waals surface area contributed by atoms with Crippen LogP contribution in [0, 0.1) is 22.6 Å². The quantitative estimate of drug-likeness (QED) is 0.286. The Hall–Kier alpha value is -3.34. The Kier molecular flexibility index (Phi) is 8.91. The van der Waals surface area contributed by atoms with Gasteiger partial charge in [0.05, 0.1) is 18.8 Å². The molecule has 2 heterocycles. The first-order chi connectivity index (χ1) is 17.8. The molecule has 15 heteroatoms. The third-order valence-corrected chi connectivity index (χ3v) is 7.28. The fraction of sp³-hybridized carbons (Fsp3) is 0.478. The topological polar surface area (TPSA) is 182 Å². The average Bonchev–Trinajstić information content (AvgIpc) is 3.09. The monoisotopic (exact) mass is 554 g/mol. The largest absolute Gasteiger partial charge is 0.462 e. The Balaban J connectivity index is 1.85. The van der Waals surface area contributed by atoms with Crippen molar-refractivity contribution in [1.29, 1.82) is 5.26 Å². The molecule has 1 aromatic carbocycles. The number of ether oxygens (including phenoxy) is 2. The van der Waals surface area contributed by atoms with E-state index >= 15 is 0 Å². The minimum Gasteiger partial charge on any atom is -0.462 e. The molecule has 3 N–H and O–H groups in total. The summed E-state index contributed by atoms with van der Waals surface area (Å²) in [7, 11) is -4.41. The van der Waals surface area contributed by atoms with Crippen molar-refractivity contribution < 1.29 is 37.4 Å². The van der Waals surface area contributed by atoms with Gasteiger partial charge in [0, 0.05) is 12.3 Å². The van der Waals surface area contributed by atoms with Crippen molar-refractivity contribution in [3.63, 3.8) is 0 Å². The molecule has 6 atom stereocenters. The Bertz CT molecular complexity index is 1360. The molecule has 0 amide bonds. The molecule has 0 radical (unpaired) electrons. The third kappa shape index (κ3) is 6.56. The molecule has 1 aromatic heterocycles. The van der Waals surface area contributed by atoms with Gasteiger partial charge in [0.1, 0.15) is 35.2 Å². The summed E-state index contributed by atoms with van der Waals surface area (Å²) in [5.41, 5.74) is -3.22. The fourth-order valence-electron chi connectivity index (χ4n) is 3.65. The molecule has 2 aromatic rings. The van der Waals surface area contributed by atoms with Gasteiger partial charge in [-0.15, -0.1) is 0 Å². The number of carbonyl (C=O) groups is 1. The number of aromatic nitrogens is 2. The second-order valence-electron chi connectivity index (χ2n) is 9.06. The van der Waals surface area contributed by atoms with E-state index in [1.54, 1.807) is 13.8 Å². The van der Waals surface area contributed by atoms with Gasteiger partial charge in [0.2, 0.25) is 0 Å². The Morgan fingerprint density at radius 1 is 1.32 bits per heavy atom. The van der Waals surface area contributed by atoms with E-state index in [4.69, 9.17) is 18.5 Å². The van der Waals surface area contributed by atoms with Crippen molar-refractivity contribution >= 4 is 13.7 Å². The molecule has 206 valence electrons. The van der Waals surface area contributed by atoms with Gasteiger partial charge in [-0.05, 0) is 52.0 Å². The van der Waals surface area contributed by atoms with E-state index < -0.39 is 73.4 Å². The van der Waals surface area contributed by atoms with Gasteiger partial charge >= 0.3 is 19.4 Å². The van der Waals surface area contributed by atoms with Crippen LogP contribution in [-0.4, -0.2) is 51.6 Å². The highest BCUT2D eigenvalue weighted by molar-refractivity contribution is 7.52. The average molecular weight is 554 g/mol. The van der Waals surface area contributed by atoms with E-state index in [1.165, 1.54) is 26.0 Å². The third-order valence-electron chi connectivity index (χ3n) is 5.63. The molecule has 13 nitrogen and oxygen atoms in total. The fourth-order valence-corrected chi connectivity index (χ4v) is 5.15. The number of hydrogen-bond acceptors (Lipinski definition) is 10. The molecular formula is C23H28FN4O9P. The van der Waals surface area contributed by atoms with E-state index in [0.717, 1.165) is 29.0 Å². The van der Waals surface area contributed by atoms with Crippen molar-refractivity contribution in [1.82, 2.24) is 14.6 Å². The van der Waals surface area contributed by atoms with Crippen LogP contribution >= 0.6 is 7.75 Å². The molecule has 6 unspecified atom stereocenters. The van der Waals surface area contributed by atoms with Crippen LogP contribution in [-0.2, 0) is 23.4 Å². The highest BCUT2D eigenvalue weighted by Gasteiger charge is 2.55. The molecule has 0 spiro atoms. The zero-order valence-corrected chi connectivity index (χ0v) is 21.9. The van der Waals surface area contributed by atoms with Gasteiger partial charge in [-0.25, -0.2) is 13.8 Å². The lowest BCUT2D eigenvalue weighted by Gasteiger charge is -2.26. The van der Waals surface area contributed by atoms with Crippen LogP contribution in [0.5, 0.6) is 5.75 Å². The summed E-state index contributed by atoms with van der Waals surface area (Å²) in [6, 6.07) is 6.30. The molecule has 0 aliphatic carbocycles. The standard InChI is InChI=1S/C23H28FN4O9P/c1-13(2)35-20(31)14(3)27-38(33,37-16-7-5-15(24)6-8-16)34-11-17-19(30)23(4,12-25)21(36-17)28-10-9-18(29)26-22(28)32/h5-10,13-14,17,19,21,30H,11H2,1-4H3,(H,27,33)(H,26,29,32). The number of aliphatic hydroxyl groups is 1. The number of halogens is 1. The predicted octanol–water partition coefficient (Wildman–Crippen LogP) is 1.60. The number of hydrogen-bond donors (Lipinski definition) is 3. The molecule has 3 rings (SSSR count). The number of aromatic amines is 1. The first-order valence-electron chi connectivity index (χ1n) is 11.5.